The Balaban J connectivity index is 2.33. The van der Waals surface area contributed by atoms with Gasteiger partial charge in [-0.25, -0.2) is 0 Å². The first-order valence-corrected chi connectivity index (χ1v) is 5.12. The molecular weight excluding hydrogens is 180 g/mol. The van der Waals surface area contributed by atoms with E-state index in [4.69, 9.17) is 9.57 Å². The molecular formula is C10H18N2O2. The smallest absolute Gasteiger partial charge is 0.184 e. The lowest BCUT2D eigenvalue weighted by molar-refractivity contribution is -0.0917. The van der Waals surface area contributed by atoms with Gasteiger partial charge in [-0.05, 0) is 33.2 Å². The van der Waals surface area contributed by atoms with Crippen molar-refractivity contribution >= 4 is 5.71 Å². The lowest BCUT2D eigenvalue weighted by atomic mass is 9.80. The molecule has 1 aliphatic carbocycles. The highest BCUT2D eigenvalue weighted by Crippen LogP contribution is 2.46. The van der Waals surface area contributed by atoms with E-state index in [9.17, 15) is 0 Å². The molecule has 2 atom stereocenters. The van der Waals surface area contributed by atoms with Crippen molar-refractivity contribution in [1.29, 1.82) is 0 Å². The summed E-state index contributed by atoms with van der Waals surface area (Å²) < 4.78 is 5.27. The fourth-order valence-corrected chi connectivity index (χ4v) is 2.94. The molecule has 1 fully saturated rings. The average molecular weight is 198 g/mol. The lowest BCUT2D eigenvalue weighted by Gasteiger charge is -2.37. The first kappa shape index (κ1) is 9.93. The lowest BCUT2D eigenvalue weighted by Crippen LogP contribution is -2.62. The molecule has 2 rings (SSSR count). The average Bonchev–Trinajstić information content (AvgIpc) is 2.65. The maximum atomic E-state index is 5.61. The Morgan fingerprint density at radius 3 is 3.00 bits per heavy atom. The summed E-state index contributed by atoms with van der Waals surface area (Å²) in [7, 11) is 3.69. The van der Waals surface area contributed by atoms with Crippen LogP contribution >= 0.6 is 0 Å². The van der Waals surface area contributed by atoms with E-state index in [2.05, 4.69) is 10.5 Å². The first-order chi connectivity index (χ1) is 6.71. The van der Waals surface area contributed by atoms with Crippen molar-refractivity contribution in [2.24, 2.45) is 5.16 Å². The van der Waals surface area contributed by atoms with Crippen LogP contribution in [0.5, 0.6) is 0 Å². The molecule has 1 N–H and O–H groups in total. The first-order valence-electron chi connectivity index (χ1n) is 5.12. The monoisotopic (exact) mass is 198 g/mol. The summed E-state index contributed by atoms with van der Waals surface area (Å²) in [5, 5.41) is 7.51. The highest BCUT2D eigenvalue weighted by atomic mass is 16.7. The fourth-order valence-electron chi connectivity index (χ4n) is 2.94. The number of oxime groups is 1. The molecule has 1 saturated carbocycles. The van der Waals surface area contributed by atoms with Crippen LogP contribution in [0.3, 0.4) is 0 Å². The van der Waals surface area contributed by atoms with Crippen LogP contribution in [0.2, 0.25) is 0 Å². The quantitative estimate of drug-likeness (QED) is 0.733. The summed E-state index contributed by atoms with van der Waals surface area (Å²) in [5.74, 6) is 0. The van der Waals surface area contributed by atoms with E-state index in [0.717, 1.165) is 25.0 Å². The van der Waals surface area contributed by atoms with Crippen molar-refractivity contribution in [2.75, 3.05) is 20.8 Å². The molecule has 4 heteroatoms. The van der Waals surface area contributed by atoms with E-state index in [1.165, 1.54) is 0 Å². The van der Waals surface area contributed by atoms with Crippen LogP contribution in [-0.2, 0) is 9.57 Å². The minimum absolute atomic E-state index is 0.0942. The summed E-state index contributed by atoms with van der Waals surface area (Å²) >= 11 is 0. The zero-order valence-electron chi connectivity index (χ0n) is 9.09. The Labute approximate surface area is 84.6 Å². The molecule has 0 saturated heterocycles. The zero-order valence-corrected chi connectivity index (χ0v) is 9.09. The van der Waals surface area contributed by atoms with Gasteiger partial charge in [0.15, 0.2) is 5.60 Å². The molecule has 0 aromatic carbocycles. The maximum Gasteiger partial charge on any atom is 0.184 e. The number of likely N-dealkylation sites (N-methyl/N-ethyl adjacent to an activating group) is 1. The molecule has 80 valence electrons. The van der Waals surface area contributed by atoms with Crippen molar-refractivity contribution < 1.29 is 9.57 Å². The Morgan fingerprint density at radius 1 is 1.57 bits per heavy atom. The summed E-state index contributed by atoms with van der Waals surface area (Å²) in [4.78, 5) is 5.61. The van der Waals surface area contributed by atoms with Gasteiger partial charge in [0.1, 0.15) is 5.54 Å². The van der Waals surface area contributed by atoms with Gasteiger partial charge in [0.2, 0.25) is 0 Å². The molecule has 0 aromatic heterocycles. The van der Waals surface area contributed by atoms with E-state index in [1.54, 1.807) is 7.11 Å². The number of ether oxygens (including phenoxy) is 1. The minimum Gasteiger partial charge on any atom is -0.384 e. The van der Waals surface area contributed by atoms with Crippen LogP contribution in [0.1, 0.15) is 26.2 Å². The van der Waals surface area contributed by atoms with E-state index in [-0.39, 0.29) is 11.1 Å². The van der Waals surface area contributed by atoms with Crippen LogP contribution in [-0.4, -0.2) is 37.6 Å². The van der Waals surface area contributed by atoms with Crippen LogP contribution < -0.4 is 5.32 Å². The van der Waals surface area contributed by atoms with Crippen LogP contribution in [0.4, 0.5) is 0 Å². The second-order valence-electron chi connectivity index (χ2n) is 4.20. The van der Waals surface area contributed by atoms with Gasteiger partial charge < -0.3 is 14.9 Å². The van der Waals surface area contributed by atoms with Gasteiger partial charge in [-0.3, -0.25) is 0 Å². The number of hydrogen-bond acceptors (Lipinski definition) is 4. The molecule has 0 radical (unpaired) electrons. The van der Waals surface area contributed by atoms with E-state index in [0.29, 0.717) is 6.61 Å². The maximum absolute atomic E-state index is 5.61. The fraction of sp³-hybridized carbons (Fsp3) is 0.900. The molecule has 0 amide bonds. The number of nitrogens with zero attached hydrogens (tertiary/aromatic N) is 1. The molecule has 1 aliphatic heterocycles. The SMILES string of the molecule is CNC12CCCC1(COC)ON=C2C. The second-order valence-corrected chi connectivity index (χ2v) is 4.20. The Kier molecular flexibility index (Phi) is 2.27. The highest BCUT2D eigenvalue weighted by molar-refractivity contribution is 5.94. The molecule has 0 bridgehead atoms. The molecule has 1 heterocycles. The molecule has 2 unspecified atom stereocenters. The van der Waals surface area contributed by atoms with E-state index >= 15 is 0 Å². The van der Waals surface area contributed by atoms with E-state index < -0.39 is 0 Å². The molecule has 4 nitrogen and oxygen atoms in total. The van der Waals surface area contributed by atoms with Crippen molar-refractivity contribution in [3.8, 4) is 0 Å². The number of rotatable bonds is 3. The Morgan fingerprint density at radius 2 is 2.36 bits per heavy atom. The van der Waals surface area contributed by atoms with Crippen molar-refractivity contribution in [2.45, 2.75) is 37.3 Å². The second kappa shape index (κ2) is 3.21. The largest absolute Gasteiger partial charge is 0.384 e. The standard InChI is InChI=1S/C10H18N2O2/c1-8-10(11-2)6-4-5-9(10,7-13-3)14-12-8/h11H,4-7H2,1-3H3. The van der Waals surface area contributed by atoms with Gasteiger partial charge in [-0.2, -0.15) is 0 Å². The zero-order chi connectivity index (χ0) is 10.2. The van der Waals surface area contributed by atoms with Gasteiger partial charge in [-0.15, -0.1) is 0 Å². The molecule has 0 spiro atoms. The number of hydrogen-bond donors (Lipinski definition) is 1. The van der Waals surface area contributed by atoms with Gasteiger partial charge in [0.05, 0.1) is 12.3 Å². The Bertz CT molecular complexity index is 267. The normalized spacial score (nSPS) is 40.6. The third kappa shape index (κ3) is 0.982. The van der Waals surface area contributed by atoms with Gasteiger partial charge in [0.25, 0.3) is 0 Å². The van der Waals surface area contributed by atoms with Gasteiger partial charge >= 0.3 is 0 Å². The predicted octanol–water partition coefficient (Wildman–Crippen LogP) is 0.920. The summed E-state index contributed by atoms with van der Waals surface area (Å²) in [5.41, 5.74) is 0.693. The van der Waals surface area contributed by atoms with Crippen LogP contribution in [0.25, 0.3) is 0 Å². The topological polar surface area (TPSA) is 42.8 Å². The summed E-state index contributed by atoms with van der Waals surface area (Å²) in [6.45, 7) is 2.63. The summed E-state index contributed by atoms with van der Waals surface area (Å²) in [6.07, 6.45) is 3.27. The molecule has 2 aliphatic rings. The number of fused-ring (bicyclic) bond motifs is 1. The van der Waals surface area contributed by atoms with Crippen molar-refractivity contribution in [3.05, 3.63) is 0 Å². The predicted molar refractivity (Wildman–Crippen MR) is 54.4 cm³/mol. The minimum atomic E-state index is -0.263. The van der Waals surface area contributed by atoms with Crippen molar-refractivity contribution in [1.82, 2.24) is 5.32 Å². The summed E-state index contributed by atoms with van der Waals surface area (Å²) in [6, 6.07) is 0. The van der Waals surface area contributed by atoms with Crippen LogP contribution in [0, 0.1) is 0 Å². The van der Waals surface area contributed by atoms with Gasteiger partial charge in [0, 0.05) is 7.11 Å². The van der Waals surface area contributed by atoms with Crippen LogP contribution in [0.15, 0.2) is 5.16 Å². The van der Waals surface area contributed by atoms with Gasteiger partial charge in [-0.1, -0.05) is 5.16 Å². The third-order valence-electron chi connectivity index (χ3n) is 3.69. The molecule has 0 aromatic rings. The van der Waals surface area contributed by atoms with E-state index in [1.807, 2.05) is 14.0 Å². The Hall–Kier alpha value is -0.610. The molecule has 14 heavy (non-hydrogen) atoms. The van der Waals surface area contributed by atoms with Crippen molar-refractivity contribution in [3.63, 3.8) is 0 Å². The third-order valence-corrected chi connectivity index (χ3v) is 3.69. The number of methoxy groups -OCH3 is 1. The highest BCUT2D eigenvalue weighted by Gasteiger charge is 2.62. The number of nitrogens with one attached hydrogen (secondary N) is 1.